The van der Waals surface area contributed by atoms with Crippen LogP contribution in [0.25, 0.3) is 0 Å². The minimum atomic E-state index is -1.77. The summed E-state index contributed by atoms with van der Waals surface area (Å²) in [5, 5.41) is 38.8. The first-order chi connectivity index (χ1) is 8.36. The van der Waals surface area contributed by atoms with Crippen LogP contribution >= 0.6 is 0 Å². The molecule has 1 rings (SSSR count). The molecule has 2 N–H and O–H groups in total. The minimum absolute atomic E-state index is 0.405. The third-order valence-corrected chi connectivity index (χ3v) is 2.08. The molecule has 0 aliphatic rings. The highest BCUT2D eigenvalue weighted by molar-refractivity contribution is 6.00. The molecule has 1 atom stereocenters. The number of Topliss-reactive ketones (excluding diaryl/α,β-unsaturated/α-hetero) is 1. The van der Waals surface area contributed by atoms with Crippen LogP contribution in [0.1, 0.15) is 10.4 Å². The van der Waals surface area contributed by atoms with Gasteiger partial charge in [0.1, 0.15) is 6.10 Å². The Bertz CT molecular complexity index is 481. The Morgan fingerprint density at radius 1 is 1.17 bits per heavy atom. The number of nitro groups is 2. The maximum atomic E-state index is 11.5. The number of hydrogen-bond acceptors (Lipinski definition) is 7. The molecule has 9 nitrogen and oxygen atoms in total. The van der Waals surface area contributed by atoms with Gasteiger partial charge in [-0.25, -0.2) is 0 Å². The van der Waals surface area contributed by atoms with Gasteiger partial charge in [-0.2, -0.15) is 0 Å². The Morgan fingerprint density at radius 3 is 1.94 bits per heavy atom. The largest absolute Gasteiger partial charge is 0.393 e. The summed E-state index contributed by atoms with van der Waals surface area (Å²) in [6.45, 7) is -0.880. The van der Waals surface area contributed by atoms with Crippen LogP contribution in [0.3, 0.4) is 0 Å². The third kappa shape index (κ3) is 2.84. The van der Waals surface area contributed by atoms with Gasteiger partial charge in [-0.1, -0.05) is 0 Å². The number of carbonyl (C=O) groups is 1. The lowest BCUT2D eigenvalue weighted by atomic mass is 10.1. The van der Waals surface area contributed by atoms with E-state index in [0.29, 0.717) is 6.07 Å². The fourth-order valence-corrected chi connectivity index (χ4v) is 1.22. The molecule has 0 radical (unpaired) electrons. The average molecular weight is 256 g/mol. The van der Waals surface area contributed by atoms with Crippen molar-refractivity contribution in [2.24, 2.45) is 0 Å². The smallest absolute Gasteiger partial charge is 0.277 e. The number of nitrogens with zero attached hydrogens (tertiary/aromatic N) is 2. The molecule has 0 saturated heterocycles. The fraction of sp³-hybridized carbons (Fsp3) is 0.222. The zero-order valence-electron chi connectivity index (χ0n) is 8.85. The molecule has 0 amide bonds. The number of aliphatic hydroxyl groups excluding tert-OH is 2. The number of rotatable bonds is 5. The molecule has 0 heterocycles. The topological polar surface area (TPSA) is 144 Å². The van der Waals surface area contributed by atoms with Crippen LogP contribution in [0.5, 0.6) is 0 Å². The number of ketones is 1. The van der Waals surface area contributed by atoms with Gasteiger partial charge >= 0.3 is 0 Å². The quantitative estimate of drug-likeness (QED) is 0.429. The van der Waals surface area contributed by atoms with Gasteiger partial charge in [0.15, 0.2) is 5.78 Å². The van der Waals surface area contributed by atoms with E-state index in [0.717, 1.165) is 12.1 Å². The van der Waals surface area contributed by atoms with Crippen LogP contribution < -0.4 is 0 Å². The lowest BCUT2D eigenvalue weighted by Crippen LogP contribution is -2.24. The van der Waals surface area contributed by atoms with E-state index in [2.05, 4.69) is 0 Å². The van der Waals surface area contributed by atoms with Gasteiger partial charge in [-0.3, -0.25) is 25.0 Å². The summed E-state index contributed by atoms with van der Waals surface area (Å²) >= 11 is 0. The molecular weight excluding hydrogens is 248 g/mol. The van der Waals surface area contributed by atoms with E-state index in [1.54, 1.807) is 0 Å². The molecular formula is C9H8N2O7. The third-order valence-electron chi connectivity index (χ3n) is 2.08. The van der Waals surface area contributed by atoms with Crippen molar-refractivity contribution in [2.45, 2.75) is 6.10 Å². The first-order valence-electron chi connectivity index (χ1n) is 4.64. The molecule has 0 saturated carbocycles. The number of nitro benzene ring substituents is 2. The molecule has 0 bridgehead atoms. The van der Waals surface area contributed by atoms with Gasteiger partial charge in [0.05, 0.1) is 22.5 Å². The number of carbonyl (C=O) groups excluding carboxylic acids is 1. The highest BCUT2D eigenvalue weighted by Gasteiger charge is 2.23. The molecule has 0 aromatic heterocycles. The molecule has 0 aliphatic heterocycles. The Kier molecular flexibility index (Phi) is 4.02. The van der Waals surface area contributed by atoms with Crippen LogP contribution in [0.4, 0.5) is 11.4 Å². The van der Waals surface area contributed by atoms with E-state index < -0.39 is 45.3 Å². The van der Waals surface area contributed by atoms with Crippen molar-refractivity contribution >= 4 is 17.2 Å². The van der Waals surface area contributed by atoms with Crippen LogP contribution in [0.2, 0.25) is 0 Å². The zero-order valence-corrected chi connectivity index (χ0v) is 8.85. The van der Waals surface area contributed by atoms with Crippen LogP contribution in [-0.4, -0.2) is 38.6 Å². The lowest BCUT2D eigenvalue weighted by molar-refractivity contribution is -0.394. The number of non-ortho nitro benzene ring substituents is 2. The van der Waals surface area contributed by atoms with Gasteiger partial charge in [-0.05, 0) is 0 Å². The van der Waals surface area contributed by atoms with Crippen molar-refractivity contribution in [1.82, 2.24) is 0 Å². The van der Waals surface area contributed by atoms with E-state index in [1.165, 1.54) is 0 Å². The van der Waals surface area contributed by atoms with Crippen molar-refractivity contribution in [2.75, 3.05) is 6.61 Å². The summed E-state index contributed by atoms with van der Waals surface area (Å²) in [5.41, 5.74) is -1.69. The Morgan fingerprint density at radius 2 is 1.61 bits per heavy atom. The van der Waals surface area contributed by atoms with E-state index in [9.17, 15) is 25.0 Å². The second kappa shape index (κ2) is 5.29. The van der Waals surface area contributed by atoms with Crippen molar-refractivity contribution in [1.29, 1.82) is 0 Å². The van der Waals surface area contributed by atoms with Crippen molar-refractivity contribution in [3.05, 3.63) is 44.0 Å². The standard InChI is InChI=1S/C9H8N2O7/c12-4-8(13)9(14)5-1-6(10(15)16)3-7(2-5)11(17)18/h1-3,8,12-13H,4H2. The summed E-state index contributed by atoms with van der Waals surface area (Å²) in [5.74, 6) is -1.02. The predicted octanol–water partition coefficient (Wildman–Crippen LogP) is 0.0389. The highest BCUT2D eigenvalue weighted by Crippen LogP contribution is 2.23. The SMILES string of the molecule is O=C(c1cc([N+](=O)[O-])cc([N+](=O)[O-])c1)C(O)CO. The Hall–Kier alpha value is -2.39. The van der Waals surface area contributed by atoms with Crippen LogP contribution in [-0.2, 0) is 0 Å². The first kappa shape index (κ1) is 13.7. The Labute approximate surface area is 99.6 Å². The van der Waals surface area contributed by atoms with Crippen molar-refractivity contribution in [3.8, 4) is 0 Å². The number of hydrogen-bond donors (Lipinski definition) is 2. The molecule has 0 fully saturated rings. The first-order valence-corrected chi connectivity index (χ1v) is 4.64. The van der Waals surface area contributed by atoms with E-state index in [-0.39, 0.29) is 0 Å². The van der Waals surface area contributed by atoms with E-state index in [4.69, 9.17) is 10.2 Å². The van der Waals surface area contributed by atoms with Gasteiger partial charge in [0.25, 0.3) is 11.4 Å². The van der Waals surface area contributed by atoms with Gasteiger partial charge in [0, 0.05) is 17.7 Å². The molecule has 96 valence electrons. The van der Waals surface area contributed by atoms with E-state index in [1.807, 2.05) is 0 Å². The van der Waals surface area contributed by atoms with Crippen LogP contribution in [0, 0.1) is 20.2 Å². The van der Waals surface area contributed by atoms with Gasteiger partial charge in [-0.15, -0.1) is 0 Å². The zero-order chi connectivity index (χ0) is 13.9. The molecule has 1 aromatic rings. The predicted molar refractivity (Wildman–Crippen MR) is 57.2 cm³/mol. The highest BCUT2D eigenvalue weighted by atomic mass is 16.6. The summed E-state index contributed by atoms with van der Waals surface area (Å²) in [6.07, 6.45) is -1.77. The summed E-state index contributed by atoms with van der Waals surface area (Å²) in [7, 11) is 0. The van der Waals surface area contributed by atoms with Crippen LogP contribution in [0.15, 0.2) is 18.2 Å². The average Bonchev–Trinajstić information content (AvgIpc) is 2.36. The molecule has 18 heavy (non-hydrogen) atoms. The molecule has 1 unspecified atom stereocenters. The Balaban J connectivity index is 3.31. The molecule has 0 aliphatic carbocycles. The maximum absolute atomic E-state index is 11.5. The maximum Gasteiger partial charge on any atom is 0.277 e. The number of aliphatic hydroxyl groups is 2. The summed E-state index contributed by atoms with van der Waals surface area (Å²) in [6, 6.07) is 2.30. The molecule has 0 spiro atoms. The van der Waals surface area contributed by atoms with Crippen molar-refractivity contribution in [3.63, 3.8) is 0 Å². The fourth-order valence-electron chi connectivity index (χ4n) is 1.22. The van der Waals surface area contributed by atoms with Gasteiger partial charge < -0.3 is 10.2 Å². The summed E-state index contributed by atoms with van der Waals surface area (Å²) in [4.78, 5) is 30.8. The molecule has 1 aromatic carbocycles. The second-order valence-corrected chi connectivity index (χ2v) is 3.31. The van der Waals surface area contributed by atoms with Gasteiger partial charge in [0.2, 0.25) is 0 Å². The number of benzene rings is 1. The normalized spacial score (nSPS) is 11.9. The monoisotopic (exact) mass is 256 g/mol. The van der Waals surface area contributed by atoms with E-state index >= 15 is 0 Å². The minimum Gasteiger partial charge on any atom is -0.393 e. The molecule has 9 heteroatoms. The van der Waals surface area contributed by atoms with Crippen molar-refractivity contribution < 1.29 is 24.9 Å². The lowest BCUT2D eigenvalue weighted by Gasteiger charge is -2.05. The summed E-state index contributed by atoms with van der Waals surface area (Å²) < 4.78 is 0. The second-order valence-electron chi connectivity index (χ2n) is 3.31.